The first kappa shape index (κ1) is 24.9. The van der Waals surface area contributed by atoms with Crippen molar-refractivity contribution in [2.24, 2.45) is 0 Å². The van der Waals surface area contributed by atoms with Crippen molar-refractivity contribution < 1.29 is 9.50 Å². The van der Waals surface area contributed by atoms with Gasteiger partial charge in [-0.2, -0.15) is 4.98 Å². The topological polar surface area (TPSA) is 135 Å². The van der Waals surface area contributed by atoms with E-state index in [1.54, 1.807) is 37.6 Å². The lowest BCUT2D eigenvalue weighted by Gasteiger charge is -2.16. The number of aliphatic hydroxyl groups excluding tert-OH is 1. The average molecular weight is 548 g/mol. The number of hydrogen-bond acceptors (Lipinski definition) is 7. The first-order valence-corrected chi connectivity index (χ1v) is 13.3. The highest BCUT2D eigenvalue weighted by atomic mass is 19.1. The van der Waals surface area contributed by atoms with Crippen molar-refractivity contribution in [2.75, 3.05) is 18.1 Å². The largest absolute Gasteiger partial charge is 0.392 e. The molecule has 4 heterocycles. The number of H-pyrrole nitrogens is 1. The first-order chi connectivity index (χ1) is 19.9. The fourth-order valence-electron chi connectivity index (χ4n) is 5.50. The summed E-state index contributed by atoms with van der Waals surface area (Å²) in [6.45, 7) is -0.391. The van der Waals surface area contributed by atoms with E-state index in [0.717, 1.165) is 29.7 Å². The summed E-state index contributed by atoms with van der Waals surface area (Å²) in [5, 5.41) is 14.9. The number of pyridine rings is 2. The van der Waals surface area contributed by atoms with Crippen LogP contribution in [0.4, 0.5) is 16.2 Å². The van der Waals surface area contributed by atoms with E-state index < -0.39 is 18.0 Å². The van der Waals surface area contributed by atoms with Gasteiger partial charge in [-0.25, -0.2) is 14.4 Å². The fraction of sp³-hybridized carbons (Fsp3) is 0.161. The molecule has 0 unspecified atom stereocenters. The molecular weight excluding hydrogens is 521 g/mol. The fourth-order valence-corrected chi connectivity index (χ4v) is 5.50. The maximum atomic E-state index is 15.2. The van der Waals surface area contributed by atoms with Crippen LogP contribution in [0, 0.1) is 5.82 Å². The van der Waals surface area contributed by atoms with E-state index >= 15 is 4.39 Å². The van der Waals surface area contributed by atoms with Crippen molar-refractivity contribution in [3.8, 4) is 28.2 Å². The Hall–Kier alpha value is -5.09. The molecular formula is C31H26FN7O2. The molecule has 41 heavy (non-hydrogen) atoms. The van der Waals surface area contributed by atoms with Crippen molar-refractivity contribution in [1.29, 1.82) is 0 Å². The second-order valence-corrected chi connectivity index (χ2v) is 10.2. The normalized spacial score (nSPS) is 13.2. The highest BCUT2D eigenvalue weighted by molar-refractivity contribution is 5.96. The Labute approximate surface area is 233 Å². The van der Waals surface area contributed by atoms with Gasteiger partial charge in [-0.15, -0.1) is 0 Å². The standard InChI is InChI=1S/C31H26FN7O2/c1-34-26-13-17(7-9-35-26)24-14-21-28(37-31(33)38-29(21)36-24)20-3-2-4-25(22(20)15-40)39-10-8-18-11-19(16-5-6-16)12-23(32)27(18)30(39)41/h2-4,7-14,16,40H,5-6,15H2,1H3,(H,34,35)(H3,33,36,37,38). The third-order valence-corrected chi connectivity index (χ3v) is 7.68. The number of hydrogen-bond donors (Lipinski definition) is 4. The number of benzene rings is 2. The van der Waals surface area contributed by atoms with Gasteiger partial charge in [0, 0.05) is 47.2 Å². The summed E-state index contributed by atoms with van der Waals surface area (Å²) < 4.78 is 16.6. The zero-order valence-corrected chi connectivity index (χ0v) is 22.1. The maximum absolute atomic E-state index is 15.2. The molecule has 2 aromatic carbocycles. The molecule has 7 rings (SSSR count). The van der Waals surface area contributed by atoms with Crippen LogP contribution in [0.1, 0.15) is 29.9 Å². The average Bonchev–Trinajstić information content (AvgIpc) is 3.75. The lowest BCUT2D eigenvalue weighted by atomic mass is 10.00. The van der Waals surface area contributed by atoms with Gasteiger partial charge < -0.3 is 21.1 Å². The molecule has 1 aliphatic rings. The number of nitrogens with one attached hydrogen (secondary N) is 2. The second kappa shape index (κ2) is 9.53. The SMILES string of the molecule is CNc1cc(-c2cc3c(-c4cccc(-n5ccc6cc(C7CC7)cc(F)c6c5=O)c4CO)nc(N)nc3[nH]2)ccn1. The molecule has 0 spiro atoms. The van der Waals surface area contributed by atoms with E-state index in [1.807, 2.05) is 30.3 Å². The van der Waals surface area contributed by atoms with E-state index in [9.17, 15) is 9.90 Å². The number of aromatic nitrogens is 5. The number of nitrogen functional groups attached to an aromatic ring is 1. The molecule has 1 saturated carbocycles. The Morgan fingerprint density at radius 1 is 1.15 bits per heavy atom. The minimum atomic E-state index is -0.534. The van der Waals surface area contributed by atoms with Crippen LogP contribution in [0.2, 0.25) is 0 Å². The minimum Gasteiger partial charge on any atom is -0.392 e. The smallest absolute Gasteiger partial charge is 0.265 e. The van der Waals surface area contributed by atoms with Gasteiger partial charge in [-0.05, 0) is 66.1 Å². The highest BCUT2D eigenvalue weighted by Gasteiger charge is 2.25. The summed E-state index contributed by atoms with van der Waals surface area (Å²) in [4.78, 5) is 30.1. The van der Waals surface area contributed by atoms with Crippen LogP contribution in [0.5, 0.6) is 0 Å². The quantitative estimate of drug-likeness (QED) is 0.227. The summed E-state index contributed by atoms with van der Waals surface area (Å²) in [5.74, 6) is 0.595. The van der Waals surface area contributed by atoms with Crippen LogP contribution in [-0.4, -0.2) is 36.7 Å². The zero-order valence-electron chi connectivity index (χ0n) is 22.1. The summed E-state index contributed by atoms with van der Waals surface area (Å²) in [6.07, 6.45) is 5.41. The molecule has 204 valence electrons. The second-order valence-electron chi connectivity index (χ2n) is 10.2. The van der Waals surface area contributed by atoms with E-state index in [0.29, 0.717) is 50.7 Å². The van der Waals surface area contributed by atoms with E-state index in [-0.39, 0.29) is 11.3 Å². The van der Waals surface area contributed by atoms with Gasteiger partial charge >= 0.3 is 0 Å². The Balaban J connectivity index is 1.40. The highest BCUT2D eigenvalue weighted by Crippen LogP contribution is 2.41. The third kappa shape index (κ3) is 4.20. The van der Waals surface area contributed by atoms with Crippen LogP contribution in [-0.2, 0) is 6.61 Å². The van der Waals surface area contributed by atoms with Gasteiger partial charge in [0.2, 0.25) is 5.95 Å². The van der Waals surface area contributed by atoms with Crippen LogP contribution in [0.25, 0.3) is 50.0 Å². The molecule has 0 aliphatic heterocycles. The number of anilines is 2. The van der Waals surface area contributed by atoms with Gasteiger partial charge in [-0.3, -0.25) is 9.36 Å². The van der Waals surface area contributed by atoms with Crippen LogP contribution in [0.15, 0.2) is 71.8 Å². The molecule has 0 saturated heterocycles. The summed E-state index contributed by atoms with van der Waals surface area (Å²) in [7, 11) is 1.80. The van der Waals surface area contributed by atoms with E-state index in [2.05, 4.69) is 25.3 Å². The number of aromatic amines is 1. The number of halogens is 1. The molecule has 10 heteroatoms. The molecule has 0 radical (unpaired) electrons. The number of fused-ring (bicyclic) bond motifs is 2. The van der Waals surface area contributed by atoms with Gasteiger partial charge in [0.25, 0.3) is 5.56 Å². The Morgan fingerprint density at radius 2 is 2.00 bits per heavy atom. The van der Waals surface area contributed by atoms with Crippen molar-refractivity contribution in [1.82, 2.24) is 24.5 Å². The van der Waals surface area contributed by atoms with Crippen LogP contribution in [0.3, 0.4) is 0 Å². The number of nitrogens with zero attached hydrogens (tertiary/aromatic N) is 4. The van der Waals surface area contributed by atoms with Gasteiger partial charge in [0.15, 0.2) is 0 Å². The molecule has 4 aromatic heterocycles. The summed E-state index contributed by atoms with van der Waals surface area (Å²) >= 11 is 0. The van der Waals surface area contributed by atoms with Crippen LogP contribution < -0.4 is 16.6 Å². The van der Waals surface area contributed by atoms with Crippen molar-refractivity contribution in [3.05, 3.63) is 94.3 Å². The molecule has 5 N–H and O–H groups in total. The van der Waals surface area contributed by atoms with Crippen molar-refractivity contribution in [2.45, 2.75) is 25.4 Å². The van der Waals surface area contributed by atoms with E-state index in [4.69, 9.17) is 5.73 Å². The molecule has 6 aromatic rings. The van der Waals surface area contributed by atoms with Crippen molar-refractivity contribution in [3.63, 3.8) is 0 Å². The van der Waals surface area contributed by atoms with Gasteiger partial charge in [-0.1, -0.05) is 18.2 Å². The lowest BCUT2D eigenvalue weighted by molar-refractivity contribution is 0.282. The summed E-state index contributed by atoms with van der Waals surface area (Å²) in [6, 6.07) is 16.1. The Morgan fingerprint density at radius 3 is 2.78 bits per heavy atom. The number of nitrogens with two attached hydrogens (primary N) is 1. The lowest BCUT2D eigenvalue weighted by Crippen LogP contribution is -2.20. The Kier molecular flexibility index (Phi) is 5.79. The maximum Gasteiger partial charge on any atom is 0.265 e. The van der Waals surface area contributed by atoms with Crippen molar-refractivity contribution >= 4 is 33.6 Å². The van der Waals surface area contributed by atoms with Crippen LogP contribution >= 0.6 is 0 Å². The Bertz CT molecular complexity index is 2050. The number of aliphatic hydroxyl groups is 1. The molecule has 1 aliphatic carbocycles. The first-order valence-electron chi connectivity index (χ1n) is 13.3. The summed E-state index contributed by atoms with van der Waals surface area (Å²) in [5.41, 5.74) is 10.7. The third-order valence-electron chi connectivity index (χ3n) is 7.68. The van der Waals surface area contributed by atoms with E-state index in [1.165, 1.54) is 10.6 Å². The number of rotatable bonds is 6. The molecule has 0 bridgehead atoms. The minimum absolute atomic E-state index is 0.0217. The van der Waals surface area contributed by atoms with Gasteiger partial charge in [0.1, 0.15) is 17.3 Å². The molecule has 9 nitrogen and oxygen atoms in total. The monoisotopic (exact) mass is 547 g/mol. The predicted molar refractivity (Wildman–Crippen MR) is 157 cm³/mol. The molecule has 0 amide bonds. The molecule has 0 atom stereocenters. The van der Waals surface area contributed by atoms with Gasteiger partial charge in [0.05, 0.1) is 23.4 Å². The predicted octanol–water partition coefficient (Wildman–Crippen LogP) is 5.12. The zero-order chi connectivity index (χ0) is 28.2. The molecule has 1 fully saturated rings.